The fourth-order valence-corrected chi connectivity index (χ4v) is 3.82. The van der Waals surface area contributed by atoms with E-state index in [1.54, 1.807) is 6.07 Å². The quantitative estimate of drug-likeness (QED) is 0.923. The van der Waals surface area contributed by atoms with Crippen molar-refractivity contribution < 1.29 is 18.3 Å². The molecular formula is C18H20FN3O3. The van der Waals surface area contributed by atoms with Crippen molar-refractivity contribution in [1.29, 1.82) is 0 Å². The third kappa shape index (κ3) is 3.24. The van der Waals surface area contributed by atoms with Crippen molar-refractivity contribution in [2.24, 2.45) is 5.92 Å². The number of carbonyl (C=O) groups excluding carboxylic acids is 1. The monoisotopic (exact) mass is 345 g/mol. The van der Waals surface area contributed by atoms with Crippen LogP contribution in [0.1, 0.15) is 30.5 Å². The zero-order chi connectivity index (χ0) is 17.4. The van der Waals surface area contributed by atoms with Crippen LogP contribution in [0.2, 0.25) is 0 Å². The molecule has 1 aromatic heterocycles. The maximum absolute atomic E-state index is 13.2. The van der Waals surface area contributed by atoms with Gasteiger partial charge >= 0.3 is 11.9 Å². The molecule has 7 heteroatoms. The molecule has 4 heterocycles. The molecule has 2 bridgehead atoms. The van der Waals surface area contributed by atoms with Crippen molar-refractivity contribution in [1.82, 2.24) is 15.2 Å². The summed E-state index contributed by atoms with van der Waals surface area (Å²) in [6, 6.07) is 6.10. The normalized spacial score (nSPS) is 27.9. The first-order valence-electron chi connectivity index (χ1n) is 8.54. The average Bonchev–Trinajstić information content (AvgIpc) is 3.07. The maximum atomic E-state index is 13.2. The average molecular weight is 345 g/mol. The van der Waals surface area contributed by atoms with Crippen LogP contribution in [0, 0.1) is 11.7 Å². The minimum absolute atomic E-state index is 0.0462. The van der Waals surface area contributed by atoms with Gasteiger partial charge in [0.1, 0.15) is 17.8 Å². The van der Waals surface area contributed by atoms with Crippen molar-refractivity contribution in [2.75, 3.05) is 13.1 Å². The number of piperidine rings is 3. The Kier molecular flexibility index (Phi) is 4.17. The Hall–Kier alpha value is -2.41. The lowest BCUT2D eigenvalue weighted by molar-refractivity contribution is 0.0209. The van der Waals surface area contributed by atoms with Crippen molar-refractivity contribution in [2.45, 2.75) is 31.8 Å². The molecule has 132 valence electrons. The van der Waals surface area contributed by atoms with E-state index in [1.165, 1.54) is 24.4 Å². The standard InChI is InChI=1S/C18H20FN3O3/c1-11-16(12-5-7-22(11)8-6-12)21-17(23)18-20-10-15(25-18)24-14-4-2-3-13(19)9-14/h2-4,9-12,16H,5-8H2,1H3,(H,21,23)/t11-,16-/m0/s1. The van der Waals surface area contributed by atoms with Crippen LogP contribution in [0.3, 0.4) is 0 Å². The molecule has 0 saturated carbocycles. The molecule has 2 aromatic rings. The Morgan fingerprint density at radius 2 is 2.20 bits per heavy atom. The smallest absolute Gasteiger partial charge is 0.311 e. The van der Waals surface area contributed by atoms with E-state index in [0.29, 0.717) is 12.0 Å². The van der Waals surface area contributed by atoms with Gasteiger partial charge in [0.15, 0.2) is 0 Å². The lowest BCUT2D eigenvalue weighted by Gasteiger charge is -2.49. The number of rotatable bonds is 4. The van der Waals surface area contributed by atoms with Crippen LogP contribution in [0.5, 0.6) is 11.7 Å². The summed E-state index contributed by atoms with van der Waals surface area (Å²) in [5.41, 5.74) is 0. The Labute approximate surface area is 145 Å². The number of carbonyl (C=O) groups is 1. The summed E-state index contributed by atoms with van der Waals surface area (Å²) >= 11 is 0. The number of fused-ring (bicyclic) bond motifs is 3. The van der Waals surface area contributed by atoms with Crippen LogP contribution in [0.15, 0.2) is 34.9 Å². The van der Waals surface area contributed by atoms with E-state index < -0.39 is 5.82 Å². The second-order valence-corrected chi connectivity index (χ2v) is 6.66. The fourth-order valence-electron chi connectivity index (χ4n) is 3.82. The van der Waals surface area contributed by atoms with Gasteiger partial charge in [0.2, 0.25) is 0 Å². The lowest BCUT2D eigenvalue weighted by Crippen LogP contribution is -2.62. The van der Waals surface area contributed by atoms with E-state index in [1.807, 2.05) is 0 Å². The van der Waals surface area contributed by atoms with E-state index in [2.05, 4.69) is 22.1 Å². The van der Waals surface area contributed by atoms with Crippen LogP contribution in [0.25, 0.3) is 0 Å². The molecule has 2 atom stereocenters. The second-order valence-electron chi connectivity index (χ2n) is 6.66. The highest BCUT2D eigenvalue weighted by Gasteiger charge is 2.40. The molecule has 25 heavy (non-hydrogen) atoms. The van der Waals surface area contributed by atoms with E-state index in [-0.39, 0.29) is 29.5 Å². The minimum atomic E-state index is -0.411. The number of aromatic nitrogens is 1. The summed E-state index contributed by atoms with van der Waals surface area (Å²) in [4.78, 5) is 18.8. The van der Waals surface area contributed by atoms with E-state index in [0.717, 1.165) is 25.9 Å². The van der Waals surface area contributed by atoms with Gasteiger partial charge in [0.05, 0.1) is 0 Å². The van der Waals surface area contributed by atoms with Gasteiger partial charge in [-0.05, 0) is 50.9 Å². The van der Waals surface area contributed by atoms with E-state index >= 15 is 0 Å². The molecule has 3 aliphatic rings. The van der Waals surface area contributed by atoms with Crippen molar-refractivity contribution >= 4 is 5.91 Å². The van der Waals surface area contributed by atoms with Gasteiger partial charge in [0.25, 0.3) is 5.89 Å². The SMILES string of the molecule is C[C@H]1[C@H](NC(=O)c2ncc(Oc3cccc(F)c3)o2)C2CCN1CC2. The molecule has 1 aromatic carbocycles. The Morgan fingerprint density at radius 3 is 2.92 bits per heavy atom. The number of nitrogens with one attached hydrogen (secondary N) is 1. The first kappa shape index (κ1) is 16.1. The van der Waals surface area contributed by atoms with Crippen LogP contribution < -0.4 is 10.1 Å². The van der Waals surface area contributed by atoms with Crippen LogP contribution in [0.4, 0.5) is 4.39 Å². The van der Waals surface area contributed by atoms with Gasteiger partial charge in [-0.3, -0.25) is 9.69 Å². The number of hydrogen-bond acceptors (Lipinski definition) is 5. The highest BCUT2D eigenvalue weighted by atomic mass is 19.1. The molecule has 0 aliphatic carbocycles. The number of nitrogens with zero attached hydrogens (tertiary/aromatic N) is 2. The molecule has 1 amide bonds. The zero-order valence-electron chi connectivity index (χ0n) is 13.9. The van der Waals surface area contributed by atoms with Gasteiger partial charge in [0, 0.05) is 18.2 Å². The number of ether oxygens (including phenoxy) is 1. The molecule has 5 rings (SSSR count). The van der Waals surface area contributed by atoms with E-state index in [9.17, 15) is 9.18 Å². The van der Waals surface area contributed by atoms with Gasteiger partial charge in [-0.15, -0.1) is 0 Å². The van der Waals surface area contributed by atoms with Gasteiger partial charge in [-0.2, -0.15) is 0 Å². The molecular weight excluding hydrogens is 325 g/mol. The summed E-state index contributed by atoms with van der Waals surface area (Å²) in [5, 5.41) is 3.05. The summed E-state index contributed by atoms with van der Waals surface area (Å²) in [6.07, 6.45) is 3.53. The van der Waals surface area contributed by atoms with Gasteiger partial charge in [-0.1, -0.05) is 6.07 Å². The molecule has 6 nitrogen and oxygen atoms in total. The molecule has 1 N–H and O–H groups in total. The zero-order valence-corrected chi connectivity index (χ0v) is 13.9. The molecule has 3 fully saturated rings. The third-order valence-electron chi connectivity index (χ3n) is 5.17. The Bertz CT molecular complexity index is 768. The Morgan fingerprint density at radius 1 is 1.40 bits per heavy atom. The minimum Gasteiger partial charge on any atom is -0.425 e. The van der Waals surface area contributed by atoms with Gasteiger partial charge < -0.3 is 14.5 Å². The highest BCUT2D eigenvalue weighted by molar-refractivity contribution is 5.90. The fraction of sp³-hybridized carbons (Fsp3) is 0.444. The molecule has 0 unspecified atom stereocenters. The van der Waals surface area contributed by atoms with E-state index in [4.69, 9.17) is 9.15 Å². The second kappa shape index (κ2) is 6.48. The summed E-state index contributed by atoms with van der Waals surface area (Å²) < 4.78 is 23.9. The predicted octanol–water partition coefficient (Wildman–Crippen LogP) is 2.82. The van der Waals surface area contributed by atoms with Gasteiger partial charge in [-0.25, -0.2) is 9.37 Å². The molecule has 3 saturated heterocycles. The number of amides is 1. The van der Waals surface area contributed by atoms with Crippen molar-refractivity contribution in [3.63, 3.8) is 0 Å². The first-order valence-corrected chi connectivity index (χ1v) is 8.54. The molecule has 0 radical (unpaired) electrons. The first-order chi connectivity index (χ1) is 12.1. The predicted molar refractivity (Wildman–Crippen MR) is 88.0 cm³/mol. The Balaban J connectivity index is 1.42. The summed E-state index contributed by atoms with van der Waals surface area (Å²) in [7, 11) is 0. The van der Waals surface area contributed by atoms with Crippen LogP contribution >= 0.6 is 0 Å². The number of halogens is 1. The number of oxazole rings is 1. The number of hydrogen-bond donors (Lipinski definition) is 1. The topological polar surface area (TPSA) is 67.6 Å². The largest absolute Gasteiger partial charge is 0.425 e. The lowest BCUT2D eigenvalue weighted by atomic mass is 9.79. The summed E-state index contributed by atoms with van der Waals surface area (Å²) in [6.45, 7) is 4.34. The van der Waals surface area contributed by atoms with Crippen molar-refractivity contribution in [3.05, 3.63) is 42.2 Å². The van der Waals surface area contributed by atoms with Crippen LogP contribution in [-0.2, 0) is 0 Å². The number of benzene rings is 1. The third-order valence-corrected chi connectivity index (χ3v) is 5.17. The highest BCUT2D eigenvalue weighted by Crippen LogP contribution is 2.32. The molecule has 3 aliphatic heterocycles. The maximum Gasteiger partial charge on any atom is 0.311 e. The molecule has 0 spiro atoms. The van der Waals surface area contributed by atoms with Crippen LogP contribution in [-0.4, -0.2) is 41.0 Å². The van der Waals surface area contributed by atoms with Crippen molar-refractivity contribution in [3.8, 4) is 11.7 Å². The summed E-state index contributed by atoms with van der Waals surface area (Å²) in [5.74, 6) is 0.0369.